The number of hydrogen-bond acceptors (Lipinski definition) is 6. The number of ether oxygens (including phenoxy) is 2. The first kappa shape index (κ1) is 27.7. The number of carbonyl (C=O) groups excluding carboxylic acids is 2. The number of benzene rings is 1. The molecule has 1 aromatic carbocycles. The second-order valence-corrected chi connectivity index (χ2v) is 9.89. The number of likely N-dealkylation sites (N-methyl/N-ethyl adjacent to an activating group) is 1. The van der Waals surface area contributed by atoms with Crippen LogP contribution in [0.3, 0.4) is 0 Å². The number of carboxylic acid groups (broad SMARTS) is 1. The molecule has 4 unspecified atom stereocenters. The van der Waals surface area contributed by atoms with Gasteiger partial charge in [0.2, 0.25) is 0 Å². The van der Waals surface area contributed by atoms with Gasteiger partial charge in [-0.3, -0.25) is 0 Å². The minimum atomic E-state index is -1.72. The molecule has 0 bridgehead atoms. The van der Waals surface area contributed by atoms with Crippen LogP contribution in [0.25, 0.3) is 0 Å². The van der Waals surface area contributed by atoms with Gasteiger partial charge >= 0.3 is 197 Å². The molecule has 0 spiro atoms. The van der Waals surface area contributed by atoms with Gasteiger partial charge in [0.25, 0.3) is 0 Å². The molecule has 8 nitrogen and oxygen atoms in total. The number of hydrogen-bond donors (Lipinski definition) is 2. The Balaban J connectivity index is 2.74. The summed E-state index contributed by atoms with van der Waals surface area (Å²) in [5.41, 5.74) is 0.838. The number of unbranched alkanes of at least 4 members (excludes halogenated alkanes) is 1. The molecule has 4 atom stereocenters. The van der Waals surface area contributed by atoms with Crippen LogP contribution in [0.15, 0.2) is 30.3 Å². The number of aliphatic carboxylic acids is 1. The summed E-state index contributed by atoms with van der Waals surface area (Å²) in [4.78, 5) is 38.1. The van der Waals surface area contributed by atoms with Gasteiger partial charge < -0.3 is 0 Å². The van der Waals surface area contributed by atoms with Gasteiger partial charge in [0.1, 0.15) is 0 Å². The number of carbonyl (C=O) groups is 3. The molecule has 9 heteroatoms. The summed E-state index contributed by atoms with van der Waals surface area (Å²) < 4.78 is 10.3. The monoisotopic (exact) mass is 510 g/mol. The van der Waals surface area contributed by atoms with Gasteiger partial charge in [-0.15, -0.1) is 0 Å². The van der Waals surface area contributed by atoms with Crippen LogP contribution in [0.5, 0.6) is 0 Å². The van der Waals surface area contributed by atoms with Crippen LogP contribution in [-0.4, -0.2) is 66.5 Å². The molecule has 0 aliphatic heterocycles. The van der Waals surface area contributed by atoms with E-state index in [1.807, 2.05) is 51.1 Å². The molecular weight excluding hydrogens is 475 g/mol. The van der Waals surface area contributed by atoms with Crippen LogP contribution in [0.4, 0.5) is 4.79 Å². The zero-order chi connectivity index (χ0) is 24.1. The van der Waals surface area contributed by atoms with E-state index in [1.165, 1.54) is 11.9 Å². The predicted molar refractivity (Wildman–Crippen MR) is 124 cm³/mol. The Kier molecular flexibility index (Phi) is 12.7. The fraction of sp³-hybridized carbons (Fsp3) is 0.565. The van der Waals surface area contributed by atoms with Crippen molar-refractivity contribution in [2.45, 2.75) is 77.5 Å². The zero-order valence-electron chi connectivity index (χ0n) is 19.3. The van der Waals surface area contributed by atoms with Crippen LogP contribution in [0, 0.1) is 5.41 Å². The average molecular weight is 510 g/mol. The topological polar surface area (TPSA) is 117 Å². The van der Waals surface area contributed by atoms with Gasteiger partial charge in [-0.25, -0.2) is 0 Å². The first-order chi connectivity index (χ1) is 15.2. The third-order valence-electron chi connectivity index (χ3n) is 5.06. The minimum absolute atomic E-state index is 0.0317. The summed E-state index contributed by atoms with van der Waals surface area (Å²) >= 11 is -1.72. The molecule has 2 N–H and O–H groups in total. The van der Waals surface area contributed by atoms with Crippen molar-refractivity contribution >= 4 is 37.1 Å². The Hall–Kier alpha value is -2.34. The molecule has 0 fully saturated rings. The Morgan fingerprint density at radius 2 is 1.72 bits per heavy atom. The van der Waals surface area contributed by atoms with Crippen molar-refractivity contribution in [3.8, 4) is 0 Å². The quantitative estimate of drug-likeness (QED) is 0.128. The molecule has 178 valence electrons. The van der Waals surface area contributed by atoms with Crippen molar-refractivity contribution in [1.82, 2.24) is 4.90 Å². The molecule has 0 aliphatic carbocycles. The molecule has 0 radical (unpaired) electrons. The second kappa shape index (κ2) is 14.7. The van der Waals surface area contributed by atoms with Crippen molar-refractivity contribution in [3.05, 3.63) is 35.9 Å². The second-order valence-electron chi connectivity index (χ2n) is 7.51. The van der Waals surface area contributed by atoms with E-state index < -0.39 is 50.7 Å². The van der Waals surface area contributed by atoms with Crippen molar-refractivity contribution in [2.75, 3.05) is 7.05 Å². The number of rotatable bonds is 14. The van der Waals surface area contributed by atoms with E-state index in [1.54, 1.807) is 0 Å². The van der Waals surface area contributed by atoms with E-state index in [-0.39, 0.29) is 4.62 Å². The fourth-order valence-corrected chi connectivity index (χ4v) is 4.68. The van der Waals surface area contributed by atoms with Crippen molar-refractivity contribution in [2.24, 2.45) is 0 Å². The van der Waals surface area contributed by atoms with Crippen LogP contribution < -0.4 is 0 Å². The summed E-state index contributed by atoms with van der Waals surface area (Å²) in [5.74, 6) is -1.93. The SMILES string of the molecule is CCCCC(C(=O)O)N(C)C(=N)[AsH]C(=O)OC(CCC)OC(=O)C(CC)c1ccccc1. The van der Waals surface area contributed by atoms with Crippen LogP contribution in [-0.2, 0) is 19.1 Å². The molecule has 0 saturated carbocycles. The molecule has 0 aliphatic rings. The van der Waals surface area contributed by atoms with E-state index in [0.717, 1.165) is 12.0 Å². The molecule has 1 rings (SSSR count). The van der Waals surface area contributed by atoms with E-state index in [2.05, 4.69) is 0 Å². The number of nitrogens with zero attached hydrogens (tertiary/aromatic N) is 1. The van der Waals surface area contributed by atoms with E-state index >= 15 is 0 Å². The summed E-state index contributed by atoms with van der Waals surface area (Å²) in [6, 6.07) is 8.45. The van der Waals surface area contributed by atoms with Crippen LogP contribution in [0.1, 0.15) is 70.8 Å². The summed E-state index contributed by atoms with van der Waals surface area (Å²) in [6.07, 6.45) is 2.49. The fourth-order valence-electron chi connectivity index (χ4n) is 3.18. The maximum absolute atomic E-state index is 12.7. The van der Waals surface area contributed by atoms with E-state index in [0.29, 0.717) is 32.1 Å². The first-order valence-corrected chi connectivity index (χ1v) is 13.1. The number of carboxylic acids is 1. The molecule has 32 heavy (non-hydrogen) atoms. The van der Waals surface area contributed by atoms with Gasteiger partial charge in [-0.1, -0.05) is 0 Å². The summed E-state index contributed by atoms with van der Waals surface area (Å²) in [6.45, 7) is 5.74. The Morgan fingerprint density at radius 3 is 2.25 bits per heavy atom. The molecule has 0 aromatic heterocycles. The molecule has 0 heterocycles. The Bertz CT molecular complexity index is 758. The van der Waals surface area contributed by atoms with Gasteiger partial charge in [-0.05, 0) is 0 Å². The molecule has 1 aromatic rings. The number of amidine groups is 1. The van der Waals surface area contributed by atoms with Gasteiger partial charge in [0, 0.05) is 0 Å². The number of esters is 1. The normalized spacial score (nSPS) is 13.9. The Labute approximate surface area is 196 Å². The zero-order valence-corrected chi connectivity index (χ0v) is 21.4. The predicted octanol–water partition coefficient (Wildman–Crippen LogP) is 3.93. The number of nitrogens with one attached hydrogen (secondary N) is 1. The van der Waals surface area contributed by atoms with Crippen LogP contribution >= 0.6 is 0 Å². The van der Waals surface area contributed by atoms with Crippen molar-refractivity contribution in [3.63, 3.8) is 0 Å². The maximum atomic E-state index is 12.7. The third kappa shape index (κ3) is 9.03. The standard InChI is InChI=1S/C23H35AsN2O6/c1-5-8-15-18(20(27)28)26(4)22(25)24-23(30)32-19(12-6-2)31-21(29)17(7-3)16-13-10-9-11-14-16/h9-11,13-14,17-19,24-25H,5-8,12,15H2,1-4H3,(H,27,28). The van der Waals surface area contributed by atoms with Crippen LogP contribution in [0.2, 0.25) is 0 Å². The third-order valence-corrected chi connectivity index (χ3v) is 6.97. The molecular formula is C23H35AsN2O6. The molecule has 0 saturated heterocycles. The van der Waals surface area contributed by atoms with Gasteiger partial charge in [0.15, 0.2) is 0 Å². The average Bonchev–Trinajstić information content (AvgIpc) is 2.74. The van der Waals surface area contributed by atoms with Gasteiger partial charge in [0.05, 0.1) is 0 Å². The van der Waals surface area contributed by atoms with E-state index in [9.17, 15) is 19.5 Å². The van der Waals surface area contributed by atoms with Gasteiger partial charge in [-0.2, -0.15) is 0 Å². The first-order valence-electron chi connectivity index (χ1n) is 11.0. The molecule has 0 amide bonds. The Morgan fingerprint density at radius 1 is 1.06 bits per heavy atom. The van der Waals surface area contributed by atoms with Crippen molar-refractivity contribution in [1.29, 1.82) is 5.41 Å². The summed E-state index contributed by atoms with van der Waals surface area (Å²) in [7, 11) is 1.52. The summed E-state index contributed by atoms with van der Waals surface area (Å²) in [5, 5.41) is 17.6. The van der Waals surface area contributed by atoms with Crippen molar-refractivity contribution < 1.29 is 29.0 Å². The van der Waals surface area contributed by atoms with E-state index in [4.69, 9.17) is 14.9 Å².